The second kappa shape index (κ2) is 5.48. The van der Waals surface area contributed by atoms with E-state index in [4.69, 9.17) is 0 Å². The first-order valence-electron chi connectivity index (χ1n) is 6.99. The Hall–Kier alpha value is -0.880. The third kappa shape index (κ3) is 2.51. The minimum atomic E-state index is -0.469. The van der Waals surface area contributed by atoms with Gasteiger partial charge in [0.25, 0.3) is 0 Å². The Morgan fingerprint density at radius 2 is 1.95 bits per heavy atom. The van der Waals surface area contributed by atoms with Crippen LogP contribution in [0.2, 0.25) is 0 Å². The lowest BCUT2D eigenvalue weighted by Crippen LogP contribution is -2.61. The van der Waals surface area contributed by atoms with Gasteiger partial charge in [-0.25, -0.2) is 0 Å². The minimum absolute atomic E-state index is 0.178. The molecule has 0 unspecified atom stereocenters. The van der Waals surface area contributed by atoms with Crippen LogP contribution in [0.25, 0.3) is 0 Å². The number of amides is 1. The first kappa shape index (κ1) is 15.5. The van der Waals surface area contributed by atoms with E-state index in [1.807, 2.05) is 37.5 Å². The van der Waals surface area contributed by atoms with Gasteiger partial charge in [-0.3, -0.25) is 14.4 Å². The lowest BCUT2D eigenvalue weighted by atomic mass is 9.97. The summed E-state index contributed by atoms with van der Waals surface area (Å²) in [7, 11) is 3.83. The largest absolute Gasteiger partial charge is 0.343 e. The average Bonchev–Trinajstić information content (AvgIpc) is 2.66. The van der Waals surface area contributed by atoms with Crippen LogP contribution in [0.15, 0.2) is 4.47 Å². The van der Waals surface area contributed by atoms with E-state index in [-0.39, 0.29) is 5.91 Å². The maximum atomic E-state index is 12.3. The molecule has 1 aromatic rings. The summed E-state index contributed by atoms with van der Waals surface area (Å²) in [4.78, 5) is 16.4. The van der Waals surface area contributed by atoms with Crippen molar-refractivity contribution in [3.8, 4) is 0 Å². The number of carbonyl (C=O) groups excluding carboxylic acids is 1. The molecule has 0 spiro atoms. The van der Waals surface area contributed by atoms with Gasteiger partial charge < -0.3 is 4.90 Å². The molecule has 0 radical (unpaired) electrons. The van der Waals surface area contributed by atoms with E-state index in [0.29, 0.717) is 0 Å². The third-order valence-corrected chi connectivity index (χ3v) is 5.12. The smallest absolute Gasteiger partial charge is 0.242 e. The van der Waals surface area contributed by atoms with Crippen molar-refractivity contribution in [3.63, 3.8) is 0 Å². The van der Waals surface area contributed by atoms with Crippen molar-refractivity contribution in [2.75, 3.05) is 20.1 Å². The minimum Gasteiger partial charge on any atom is -0.343 e. The van der Waals surface area contributed by atoms with Crippen LogP contribution in [-0.2, 0) is 24.8 Å². The highest BCUT2D eigenvalue weighted by molar-refractivity contribution is 9.10. The van der Waals surface area contributed by atoms with E-state index < -0.39 is 5.54 Å². The van der Waals surface area contributed by atoms with E-state index in [9.17, 15) is 4.79 Å². The van der Waals surface area contributed by atoms with E-state index in [1.165, 1.54) is 0 Å². The van der Waals surface area contributed by atoms with Gasteiger partial charge in [0.05, 0.1) is 21.4 Å². The van der Waals surface area contributed by atoms with Crippen molar-refractivity contribution in [1.82, 2.24) is 19.6 Å². The zero-order chi connectivity index (χ0) is 15.1. The summed E-state index contributed by atoms with van der Waals surface area (Å²) in [5, 5.41) is 4.52. The van der Waals surface area contributed by atoms with Crippen molar-refractivity contribution in [2.45, 2.75) is 39.3 Å². The number of hydrogen-bond acceptors (Lipinski definition) is 3. The van der Waals surface area contributed by atoms with Gasteiger partial charge in [0.1, 0.15) is 0 Å². The van der Waals surface area contributed by atoms with Crippen molar-refractivity contribution in [3.05, 3.63) is 15.9 Å². The highest BCUT2D eigenvalue weighted by atomic mass is 79.9. The number of aryl methyl sites for hydroxylation is 2. The van der Waals surface area contributed by atoms with Crippen LogP contribution in [0.5, 0.6) is 0 Å². The molecule has 0 saturated carbocycles. The Balaban J connectivity index is 2.26. The van der Waals surface area contributed by atoms with Crippen molar-refractivity contribution in [1.29, 1.82) is 0 Å². The highest BCUT2D eigenvalue weighted by Gasteiger charge is 2.40. The van der Waals surface area contributed by atoms with Crippen molar-refractivity contribution in [2.24, 2.45) is 7.05 Å². The fraction of sp³-hybridized carbons (Fsp3) is 0.714. The first-order chi connectivity index (χ1) is 9.28. The second-order valence-corrected chi connectivity index (χ2v) is 6.68. The first-order valence-corrected chi connectivity index (χ1v) is 7.79. The molecule has 20 heavy (non-hydrogen) atoms. The van der Waals surface area contributed by atoms with Gasteiger partial charge in [0, 0.05) is 33.7 Å². The predicted octanol–water partition coefficient (Wildman–Crippen LogP) is 1.80. The zero-order valence-electron chi connectivity index (χ0n) is 12.9. The Morgan fingerprint density at radius 1 is 1.30 bits per heavy atom. The Labute approximate surface area is 129 Å². The molecule has 5 nitrogen and oxygen atoms in total. The van der Waals surface area contributed by atoms with Crippen LogP contribution in [0, 0.1) is 0 Å². The van der Waals surface area contributed by atoms with Crippen LogP contribution in [-0.4, -0.2) is 51.2 Å². The number of piperazine rings is 1. The Bertz CT molecular complexity index is 523. The molecule has 2 heterocycles. The Kier molecular flexibility index (Phi) is 4.25. The molecule has 1 aliphatic heterocycles. The standard InChI is InChI=1S/C14H23BrN4O/c1-6-10-12(15)11(18(5)16-10)9-19-8-7-17(4)13(20)14(19,2)3/h6-9H2,1-5H3. The van der Waals surface area contributed by atoms with Crippen LogP contribution in [0.1, 0.15) is 32.2 Å². The summed E-state index contributed by atoms with van der Waals surface area (Å²) in [5.74, 6) is 0.178. The van der Waals surface area contributed by atoms with Gasteiger partial charge >= 0.3 is 0 Å². The number of rotatable bonds is 3. The summed E-state index contributed by atoms with van der Waals surface area (Å²) in [6, 6.07) is 0. The monoisotopic (exact) mass is 342 g/mol. The number of carbonyl (C=O) groups is 1. The summed E-state index contributed by atoms with van der Waals surface area (Å²) in [6.45, 7) is 8.48. The van der Waals surface area contributed by atoms with Gasteiger partial charge in [0.2, 0.25) is 5.91 Å². The van der Waals surface area contributed by atoms with E-state index >= 15 is 0 Å². The molecule has 1 fully saturated rings. The molecule has 0 atom stereocenters. The molecule has 2 rings (SSSR count). The maximum absolute atomic E-state index is 12.3. The van der Waals surface area contributed by atoms with E-state index in [1.54, 1.807) is 0 Å². The molecule has 1 amide bonds. The van der Waals surface area contributed by atoms with Crippen LogP contribution in [0.3, 0.4) is 0 Å². The zero-order valence-corrected chi connectivity index (χ0v) is 14.5. The fourth-order valence-corrected chi connectivity index (χ4v) is 3.44. The molecular formula is C14H23BrN4O. The van der Waals surface area contributed by atoms with Gasteiger partial charge in [-0.15, -0.1) is 0 Å². The van der Waals surface area contributed by atoms with E-state index in [2.05, 4.69) is 32.9 Å². The SMILES string of the molecule is CCc1nn(C)c(CN2CCN(C)C(=O)C2(C)C)c1Br. The number of nitrogens with zero attached hydrogens (tertiary/aromatic N) is 4. The quantitative estimate of drug-likeness (QED) is 0.840. The van der Waals surface area contributed by atoms with Gasteiger partial charge in [-0.1, -0.05) is 6.92 Å². The van der Waals surface area contributed by atoms with Crippen molar-refractivity contribution < 1.29 is 4.79 Å². The van der Waals surface area contributed by atoms with Gasteiger partial charge in [-0.2, -0.15) is 5.10 Å². The summed E-state index contributed by atoms with van der Waals surface area (Å²) < 4.78 is 2.99. The van der Waals surface area contributed by atoms with Gasteiger partial charge in [-0.05, 0) is 36.2 Å². The molecule has 0 bridgehead atoms. The lowest BCUT2D eigenvalue weighted by Gasteiger charge is -2.44. The summed E-state index contributed by atoms with van der Waals surface area (Å²) in [5.41, 5.74) is 1.73. The molecule has 6 heteroatoms. The topological polar surface area (TPSA) is 41.4 Å². The van der Waals surface area contributed by atoms with Crippen LogP contribution in [0.4, 0.5) is 0 Å². The number of hydrogen-bond donors (Lipinski definition) is 0. The fourth-order valence-electron chi connectivity index (χ4n) is 2.70. The van der Waals surface area contributed by atoms with E-state index in [0.717, 1.165) is 41.9 Å². The Morgan fingerprint density at radius 3 is 2.50 bits per heavy atom. The molecule has 0 N–H and O–H groups in total. The molecule has 1 saturated heterocycles. The normalized spacial score (nSPS) is 19.7. The number of likely N-dealkylation sites (N-methyl/N-ethyl adjacent to an activating group) is 1. The second-order valence-electron chi connectivity index (χ2n) is 5.89. The van der Waals surface area contributed by atoms with Crippen LogP contribution < -0.4 is 0 Å². The van der Waals surface area contributed by atoms with Crippen LogP contribution >= 0.6 is 15.9 Å². The molecule has 0 aliphatic carbocycles. The average molecular weight is 343 g/mol. The predicted molar refractivity (Wildman–Crippen MR) is 82.4 cm³/mol. The summed E-state index contributed by atoms with van der Waals surface area (Å²) >= 11 is 3.65. The molecule has 1 aromatic heterocycles. The lowest BCUT2D eigenvalue weighted by molar-refractivity contribution is -0.147. The number of aromatic nitrogens is 2. The number of halogens is 1. The molecule has 1 aliphatic rings. The molecule has 112 valence electrons. The highest BCUT2D eigenvalue weighted by Crippen LogP contribution is 2.28. The maximum Gasteiger partial charge on any atom is 0.242 e. The molecule has 0 aromatic carbocycles. The van der Waals surface area contributed by atoms with Gasteiger partial charge in [0.15, 0.2) is 0 Å². The van der Waals surface area contributed by atoms with Crippen molar-refractivity contribution >= 4 is 21.8 Å². The summed E-state index contributed by atoms with van der Waals surface area (Å²) in [6.07, 6.45) is 0.902. The molecular weight excluding hydrogens is 320 g/mol. The third-order valence-electron chi connectivity index (χ3n) is 4.21.